The number of carbonyl (C=O) groups excluding carboxylic acids is 1. The molecule has 0 bridgehead atoms. The first-order valence-electron chi connectivity index (χ1n) is 6.33. The van der Waals surface area contributed by atoms with Gasteiger partial charge in [0.1, 0.15) is 11.4 Å². The van der Waals surface area contributed by atoms with E-state index in [1.165, 1.54) is 18.3 Å². The highest BCUT2D eigenvalue weighted by Gasteiger charge is 2.16. The SMILES string of the molecule is C=S(=O)(NC#N)c1ccc(CNC(=O)OC(C)(C)C)c(F)c1. The lowest BCUT2D eigenvalue weighted by Gasteiger charge is -2.19. The van der Waals surface area contributed by atoms with Crippen molar-refractivity contribution in [1.82, 2.24) is 10.0 Å². The fourth-order valence-electron chi connectivity index (χ4n) is 1.49. The normalized spacial score (nSPS) is 13.6. The van der Waals surface area contributed by atoms with Crippen molar-refractivity contribution < 1.29 is 18.1 Å². The quantitative estimate of drug-likeness (QED) is 0.502. The number of ether oxygens (including phenoxy) is 1. The number of nitrogens with zero attached hydrogens (tertiary/aromatic N) is 1. The lowest BCUT2D eigenvalue weighted by Crippen LogP contribution is -2.32. The smallest absolute Gasteiger partial charge is 0.407 e. The van der Waals surface area contributed by atoms with Crippen LogP contribution in [0.1, 0.15) is 26.3 Å². The van der Waals surface area contributed by atoms with Gasteiger partial charge >= 0.3 is 6.09 Å². The third kappa shape index (κ3) is 5.26. The Hall–Kier alpha value is -2.27. The monoisotopic (exact) mass is 327 g/mol. The lowest BCUT2D eigenvalue weighted by atomic mass is 10.2. The van der Waals surface area contributed by atoms with Gasteiger partial charge in [0.05, 0.1) is 14.6 Å². The van der Waals surface area contributed by atoms with Gasteiger partial charge < -0.3 is 10.1 Å². The van der Waals surface area contributed by atoms with Gasteiger partial charge in [0.2, 0.25) is 0 Å². The molecule has 1 amide bonds. The minimum Gasteiger partial charge on any atom is -0.444 e. The standard InChI is InChI=1S/C14H18FN3O3S/c1-14(2,3)21-13(19)17-8-10-5-6-11(7-12(10)15)22(4,20)18-9-16/h5-7H,4,8H2,1-3H3,(H,17,19)(H,18,20). The van der Waals surface area contributed by atoms with E-state index in [1.54, 1.807) is 20.8 Å². The summed E-state index contributed by atoms with van der Waals surface area (Å²) >= 11 is 0. The van der Waals surface area contributed by atoms with Crippen LogP contribution in [0.15, 0.2) is 23.1 Å². The Morgan fingerprint density at radius 1 is 1.50 bits per heavy atom. The van der Waals surface area contributed by atoms with Crippen molar-refractivity contribution in [1.29, 1.82) is 5.26 Å². The maximum absolute atomic E-state index is 14.0. The molecule has 8 heteroatoms. The van der Waals surface area contributed by atoms with Gasteiger partial charge in [-0.1, -0.05) is 6.07 Å². The molecule has 0 saturated carbocycles. The number of nitriles is 1. The molecule has 1 aromatic carbocycles. The van der Waals surface area contributed by atoms with E-state index in [1.807, 2.05) is 4.72 Å². The summed E-state index contributed by atoms with van der Waals surface area (Å²) in [6.07, 6.45) is 0.855. The Balaban J connectivity index is 2.80. The van der Waals surface area contributed by atoms with Crippen LogP contribution in [0.4, 0.5) is 9.18 Å². The summed E-state index contributed by atoms with van der Waals surface area (Å²) in [6, 6.07) is 3.77. The predicted octanol–water partition coefficient (Wildman–Crippen LogP) is 1.91. The summed E-state index contributed by atoms with van der Waals surface area (Å²) in [7, 11) is -3.07. The number of benzene rings is 1. The molecule has 0 aromatic heterocycles. The summed E-state index contributed by atoms with van der Waals surface area (Å²) in [5.41, 5.74) is -0.448. The van der Waals surface area contributed by atoms with E-state index in [0.29, 0.717) is 0 Å². The molecule has 0 aliphatic rings. The summed E-state index contributed by atoms with van der Waals surface area (Å²) in [6.45, 7) is 5.07. The molecular weight excluding hydrogens is 309 g/mol. The van der Waals surface area contributed by atoms with Crippen molar-refractivity contribution >= 4 is 21.7 Å². The van der Waals surface area contributed by atoms with Crippen LogP contribution in [0.5, 0.6) is 0 Å². The maximum atomic E-state index is 14.0. The summed E-state index contributed by atoms with van der Waals surface area (Å²) in [5.74, 6) is 2.69. The molecule has 6 nitrogen and oxygen atoms in total. The molecule has 1 rings (SSSR count). The molecule has 120 valence electrons. The average molecular weight is 327 g/mol. The van der Waals surface area contributed by atoms with Gasteiger partial charge in [0, 0.05) is 12.1 Å². The number of rotatable bonds is 4. The Morgan fingerprint density at radius 3 is 2.64 bits per heavy atom. The first-order chi connectivity index (χ1) is 10.0. The van der Waals surface area contributed by atoms with Crippen LogP contribution in [-0.2, 0) is 21.0 Å². The fourth-order valence-corrected chi connectivity index (χ4v) is 2.34. The van der Waals surface area contributed by atoms with Crippen molar-refractivity contribution in [3.8, 4) is 6.19 Å². The molecule has 0 aliphatic carbocycles. The molecule has 0 heterocycles. The minimum atomic E-state index is -3.07. The van der Waals surface area contributed by atoms with Crippen LogP contribution < -0.4 is 10.0 Å². The second-order valence-electron chi connectivity index (χ2n) is 5.50. The van der Waals surface area contributed by atoms with E-state index in [0.717, 1.165) is 6.07 Å². The van der Waals surface area contributed by atoms with Crippen LogP contribution in [0.25, 0.3) is 0 Å². The predicted molar refractivity (Wildman–Crippen MR) is 81.8 cm³/mol. The minimum absolute atomic E-state index is 0.0626. The topological polar surface area (TPSA) is 91.2 Å². The zero-order valence-electron chi connectivity index (χ0n) is 12.6. The molecule has 2 N–H and O–H groups in total. The van der Waals surface area contributed by atoms with Gasteiger partial charge in [-0.3, -0.25) is 0 Å². The molecule has 0 saturated heterocycles. The Kier molecular flexibility index (Phi) is 5.38. The van der Waals surface area contributed by atoms with E-state index < -0.39 is 27.2 Å². The highest BCUT2D eigenvalue weighted by molar-refractivity contribution is 7.98. The van der Waals surface area contributed by atoms with Crippen LogP contribution in [0.2, 0.25) is 0 Å². The summed E-state index contributed by atoms with van der Waals surface area (Å²) in [5, 5.41) is 10.9. The van der Waals surface area contributed by atoms with E-state index in [2.05, 4.69) is 11.2 Å². The molecule has 1 atom stereocenters. The van der Waals surface area contributed by atoms with Gasteiger partial charge in [-0.2, -0.15) is 5.26 Å². The number of carbonyl (C=O) groups is 1. The highest BCUT2D eigenvalue weighted by atomic mass is 32.2. The largest absolute Gasteiger partial charge is 0.444 e. The third-order valence-electron chi connectivity index (χ3n) is 2.44. The first-order valence-corrected chi connectivity index (χ1v) is 8.06. The number of hydrogen-bond acceptors (Lipinski definition) is 4. The van der Waals surface area contributed by atoms with Gasteiger partial charge in [0.15, 0.2) is 6.19 Å². The van der Waals surface area contributed by atoms with Crippen molar-refractivity contribution in [2.45, 2.75) is 37.8 Å². The van der Waals surface area contributed by atoms with Crippen molar-refractivity contribution in [2.75, 3.05) is 0 Å². The Labute approximate surface area is 129 Å². The number of halogens is 1. The van der Waals surface area contributed by atoms with E-state index in [9.17, 15) is 13.4 Å². The molecule has 0 spiro atoms. The van der Waals surface area contributed by atoms with Crippen molar-refractivity contribution in [3.05, 3.63) is 29.6 Å². The Bertz CT molecular complexity index is 703. The number of nitrogens with one attached hydrogen (secondary N) is 2. The molecule has 0 radical (unpaired) electrons. The molecule has 1 unspecified atom stereocenters. The maximum Gasteiger partial charge on any atom is 0.407 e. The molecular formula is C14H18FN3O3S. The molecule has 22 heavy (non-hydrogen) atoms. The van der Waals surface area contributed by atoms with Crippen LogP contribution >= 0.6 is 0 Å². The van der Waals surface area contributed by atoms with Crippen LogP contribution in [-0.4, -0.2) is 21.8 Å². The number of alkyl carbamates (subject to hydrolysis) is 1. The molecule has 1 aromatic rings. The van der Waals surface area contributed by atoms with E-state index in [-0.39, 0.29) is 17.0 Å². The third-order valence-corrected chi connectivity index (χ3v) is 3.87. The lowest BCUT2D eigenvalue weighted by molar-refractivity contribution is 0.0523. The zero-order chi connectivity index (χ0) is 17.0. The number of amides is 1. The number of hydrogen-bond donors (Lipinski definition) is 2. The highest BCUT2D eigenvalue weighted by Crippen LogP contribution is 2.15. The van der Waals surface area contributed by atoms with Gasteiger partial charge in [-0.15, -0.1) is 0 Å². The summed E-state index contributed by atoms with van der Waals surface area (Å²) < 4.78 is 33.0. The van der Waals surface area contributed by atoms with Gasteiger partial charge in [-0.25, -0.2) is 18.1 Å². The molecule has 0 aliphatic heterocycles. The zero-order valence-corrected chi connectivity index (χ0v) is 13.4. The second kappa shape index (κ2) is 6.66. The molecule has 0 fully saturated rings. The summed E-state index contributed by atoms with van der Waals surface area (Å²) in [4.78, 5) is 11.6. The first kappa shape index (κ1) is 17.8. The van der Waals surface area contributed by atoms with Crippen LogP contribution in [0.3, 0.4) is 0 Å². The van der Waals surface area contributed by atoms with E-state index in [4.69, 9.17) is 10.00 Å². The van der Waals surface area contributed by atoms with Gasteiger partial charge in [-0.05, 0) is 38.8 Å². The van der Waals surface area contributed by atoms with Gasteiger partial charge in [0.25, 0.3) is 0 Å². The fraction of sp³-hybridized carbons (Fsp3) is 0.357. The van der Waals surface area contributed by atoms with E-state index >= 15 is 0 Å². The van der Waals surface area contributed by atoms with Crippen LogP contribution in [0, 0.1) is 17.3 Å². The second-order valence-corrected chi connectivity index (χ2v) is 7.52. The van der Waals surface area contributed by atoms with Crippen molar-refractivity contribution in [3.63, 3.8) is 0 Å². The Morgan fingerprint density at radius 2 is 2.14 bits per heavy atom. The average Bonchev–Trinajstić information content (AvgIpc) is 2.35. The van der Waals surface area contributed by atoms with Crippen molar-refractivity contribution in [2.24, 2.45) is 0 Å².